The van der Waals surface area contributed by atoms with Gasteiger partial charge in [0, 0.05) is 50.2 Å². The van der Waals surface area contributed by atoms with Gasteiger partial charge in [0.15, 0.2) is 0 Å². The third kappa shape index (κ3) is 2.84. The summed E-state index contributed by atoms with van der Waals surface area (Å²) >= 11 is 0. The Kier molecular flexibility index (Phi) is 4.25. The van der Waals surface area contributed by atoms with Crippen LogP contribution in [-0.2, 0) is 22.7 Å². The molecule has 0 radical (unpaired) electrons. The Morgan fingerprint density at radius 1 is 1.18 bits per heavy atom. The van der Waals surface area contributed by atoms with Gasteiger partial charge >= 0.3 is 0 Å². The van der Waals surface area contributed by atoms with Crippen LogP contribution in [0.1, 0.15) is 53.6 Å². The number of hydrogen-bond donors (Lipinski definition) is 2. The van der Waals surface area contributed by atoms with Gasteiger partial charge in [-0.15, -0.1) is 0 Å². The molecule has 1 saturated carbocycles. The number of imide groups is 1. The van der Waals surface area contributed by atoms with Crippen molar-refractivity contribution >= 4 is 17.7 Å². The number of hydrogen-bond acceptors (Lipinski definition) is 5. The van der Waals surface area contributed by atoms with Crippen molar-refractivity contribution in [3.05, 3.63) is 34.9 Å². The zero-order chi connectivity index (χ0) is 19.3. The predicted octanol–water partition coefficient (Wildman–Crippen LogP) is 0.776. The number of rotatable bonds is 3. The van der Waals surface area contributed by atoms with E-state index in [0.29, 0.717) is 24.1 Å². The highest BCUT2D eigenvalue weighted by Gasteiger charge is 2.44. The summed E-state index contributed by atoms with van der Waals surface area (Å²) in [6, 6.07) is 5.55. The molecule has 0 aromatic heterocycles. The Bertz CT molecular complexity index is 848. The van der Waals surface area contributed by atoms with Gasteiger partial charge in [-0.05, 0) is 42.9 Å². The van der Waals surface area contributed by atoms with Gasteiger partial charge in [0.1, 0.15) is 6.04 Å². The van der Waals surface area contributed by atoms with Gasteiger partial charge in [0.05, 0.1) is 0 Å². The number of nitrogens with zero attached hydrogens (tertiary/aromatic N) is 2. The van der Waals surface area contributed by atoms with Crippen molar-refractivity contribution < 1.29 is 14.4 Å². The predicted molar refractivity (Wildman–Crippen MR) is 102 cm³/mol. The van der Waals surface area contributed by atoms with E-state index in [2.05, 4.69) is 27.7 Å². The monoisotopic (exact) mass is 382 g/mol. The fourth-order valence-electron chi connectivity index (χ4n) is 5.16. The third-order valence-electron chi connectivity index (χ3n) is 6.93. The zero-order valence-electron chi connectivity index (χ0n) is 16.0. The summed E-state index contributed by atoms with van der Waals surface area (Å²) in [6.07, 6.45) is 4.50. The van der Waals surface area contributed by atoms with Crippen LogP contribution in [0.25, 0.3) is 0 Å². The molecule has 3 amide bonds. The number of piperazine rings is 1. The van der Waals surface area contributed by atoms with Gasteiger partial charge in [-0.1, -0.05) is 12.1 Å². The molecule has 3 heterocycles. The van der Waals surface area contributed by atoms with Gasteiger partial charge in [-0.25, -0.2) is 0 Å². The number of piperidine rings is 1. The topological polar surface area (TPSA) is 81.8 Å². The van der Waals surface area contributed by atoms with E-state index in [9.17, 15) is 14.4 Å². The maximum Gasteiger partial charge on any atom is 0.255 e. The highest BCUT2D eigenvalue weighted by atomic mass is 16.2. The molecule has 7 nitrogen and oxygen atoms in total. The molecule has 1 spiro atoms. The Hall–Kier alpha value is -2.25. The summed E-state index contributed by atoms with van der Waals surface area (Å²) in [5.74, 6) is -0.715. The van der Waals surface area contributed by atoms with Crippen LogP contribution < -0.4 is 10.6 Å². The summed E-state index contributed by atoms with van der Waals surface area (Å²) in [5.41, 5.74) is 3.22. The second-order valence-corrected chi connectivity index (χ2v) is 8.57. The Morgan fingerprint density at radius 2 is 2.04 bits per heavy atom. The largest absolute Gasteiger partial charge is 0.322 e. The highest BCUT2D eigenvalue weighted by Crippen LogP contribution is 2.39. The Labute approximate surface area is 164 Å². The minimum Gasteiger partial charge on any atom is -0.322 e. The average molecular weight is 382 g/mol. The van der Waals surface area contributed by atoms with E-state index in [0.717, 1.165) is 31.7 Å². The zero-order valence-corrected chi connectivity index (χ0v) is 16.0. The standard InChI is InChI=1S/C21H26N4O3/c26-18-5-4-17(19(27)23-18)25-12-15-10-14(2-3-16(15)20(25)28)11-24-9-8-22-13-21(24)6-1-7-21/h2-3,10,17,22H,1,4-9,11-13H2,(H,23,26,27). The summed E-state index contributed by atoms with van der Waals surface area (Å²) in [4.78, 5) is 40.6. The van der Waals surface area contributed by atoms with E-state index >= 15 is 0 Å². The highest BCUT2D eigenvalue weighted by molar-refractivity contribution is 6.05. The van der Waals surface area contributed by atoms with E-state index in [1.165, 1.54) is 24.8 Å². The molecule has 7 heteroatoms. The van der Waals surface area contributed by atoms with Crippen molar-refractivity contribution in [1.29, 1.82) is 0 Å². The van der Waals surface area contributed by atoms with Crippen molar-refractivity contribution in [3.8, 4) is 0 Å². The maximum atomic E-state index is 12.8. The lowest BCUT2D eigenvalue weighted by Gasteiger charge is -2.53. The third-order valence-corrected chi connectivity index (χ3v) is 6.93. The fraction of sp³-hybridized carbons (Fsp3) is 0.571. The first-order valence-electron chi connectivity index (χ1n) is 10.3. The second-order valence-electron chi connectivity index (χ2n) is 8.57. The lowest BCUT2D eigenvalue weighted by molar-refractivity contribution is -0.136. The van der Waals surface area contributed by atoms with Gasteiger partial charge < -0.3 is 10.2 Å². The van der Waals surface area contributed by atoms with Crippen LogP contribution in [-0.4, -0.2) is 58.7 Å². The smallest absolute Gasteiger partial charge is 0.255 e. The molecule has 28 heavy (non-hydrogen) atoms. The molecule has 3 fully saturated rings. The van der Waals surface area contributed by atoms with E-state index in [1.807, 2.05) is 6.07 Å². The normalized spacial score (nSPS) is 26.9. The Balaban J connectivity index is 1.33. The summed E-state index contributed by atoms with van der Waals surface area (Å²) in [5, 5.41) is 5.89. The first-order chi connectivity index (χ1) is 13.6. The van der Waals surface area contributed by atoms with Gasteiger partial charge in [-0.3, -0.25) is 24.6 Å². The van der Waals surface area contributed by atoms with Crippen molar-refractivity contribution in [3.63, 3.8) is 0 Å². The summed E-state index contributed by atoms with van der Waals surface area (Å²) in [7, 11) is 0. The van der Waals surface area contributed by atoms with Crippen LogP contribution in [0.5, 0.6) is 0 Å². The number of amides is 3. The number of fused-ring (bicyclic) bond motifs is 1. The van der Waals surface area contributed by atoms with E-state index in [-0.39, 0.29) is 24.1 Å². The van der Waals surface area contributed by atoms with Crippen molar-refractivity contribution in [1.82, 2.24) is 20.4 Å². The molecule has 2 saturated heterocycles. The van der Waals surface area contributed by atoms with E-state index in [1.54, 1.807) is 4.90 Å². The molecule has 1 aromatic rings. The van der Waals surface area contributed by atoms with Crippen LogP contribution in [0.3, 0.4) is 0 Å². The molecule has 3 aliphatic heterocycles. The van der Waals surface area contributed by atoms with Crippen LogP contribution >= 0.6 is 0 Å². The van der Waals surface area contributed by atoms with Crippen molar-refractivity contribution in [2.45, 2.75) is 56.8 Å². The van der Waals surface area contributed by atoms with E-state index < -0.39 is 6.04 Å². The first kappa shape index (κ1) is 17.8. The lowest BCUT2D eigenvalue weighted by Crippen LogP contribution is -2.64. The van der Waals surface area contributed by atoms with Crippen LogP contribution in [0.15, 0.2) is 18.2 Å². The minimum atomic E-state index is -0.549. The number of nitrogens with one attached hydrogen (secondary N) is 2. The second kappa shape index (κ2) is 6.67. The van der Waals surface area contributed by atoms with Gasteiger partial charge in [0.25, 0.3) is 5.91 Å². The first-order valence-corrected chi connectivity index (χ1v) is 10.3. The molecule has 1 atom stereocenters. The van der Waals surface area contributed by atoms with Crippen molar-refractivity contribution in [2.75, 3.05) is 19.6 Å². The molecule has 2 N–H and O–H groups in total. The molecular formula is C21H26N4O3. The molecule has 1 aromatic carbocycles. The Morgan fingerprint density at radius 3 is 2.79 bits per heavy atom. The molecule has 5 rings (SSSR count). The lowest BCUT2D eigenvalue weighted by atomic mass is 9.74. The van der Waals surface area contributed by atoms with Gasteiger partial charge in [0.2, 0.25) is 11.8 Å². The van der Waals surface area contributed by atoms with Crippen LogP contribution in [0.4, 0.5) is 0 Å². The minimum absolute atomic E-state index is 0.103. The molecular weight excluding hydrogens is 356 g/mol. The van der Waals surface area contributed by atoms with Crippen LogP contribution in [0, 0.1) is 0 Å². The molecule has 148 valence electrons. The summed E-state index contributed by atoms with van der Waals surface area (Å²) in [6.45, 7) is 4.50. The van der Waals surface area contributed by atoms with Crippen LogP contribution in [0.2, 0.25) is 0 Å². The molecule has 0 bridgehead atoms. The molecule has 1 unspecified atom stereocenters. The number of carbonyl (C=O) groups is 3. The average Bonchev–Trinajstić information content (AvgIpc) is 2.97. The van der Waals surface area contributed by atoms with Gasteiger partial charge in [-0.2, -0.15) is 0 Å². The quantitative estimate of drug-likeness (QED) is 0.755. The summed E-state index contributed by atoms with van der Waals surface area (Å²) < 4.78 is 0. The number of carbonyl (C=O) groups excluding carboxylic acids is 3. The SMILES string of the molecule is O=C1CCC(N2Cc3cc(CN4CCNCC45CCC5)ccc3C2=O)C(=O)N1. The molecule has 4 aliphatic rings. The van der Waals surface area contributed by atoms with Crippen molar-refractivity contribution in [2.24, 2.45) is 0 Å². The number of benzene rings is 1. The molecule has 1 aliphatic carbocycles. The van der Waals surface area contributed by atoms with E-state index in [4.69, 9.17) is 0 Å². The fourth-order valence-corrected chi connectivity index (χ4v) is 5.16. The maximum absolute atomic E-state index is 12.8.